The summed E-state index contributed by atoms with van der Waals surface area (Å²) < 4.78 is 24.6. The number of para-hydroxylation sites is 1. The highest BCUT2D eigenvalue weighted by atomic mass is 32.2. The van der Waals surface area contributed by atoms with Gasteiger partial charge in [-0.3, -0.25) is 0 Å². The molecule has 0 radical (unpaired) electrons. The Hall–Kier alpha value is -1.07. The van der Waals surface area contributed by atoms with E-state index in [1.807, 2.05) is 19.9 Å². The molecule has 1 aromatic carbocycles. The minimum absolute atomic E-state index is 0.143. The molecule has 4 nitrogen and oxygen atoms in total. The molecule has 16 heavy (non-hydrogen) atoms. The Balaban J connectivity index is 2.67. The summed E-state index contributed by atoms with van der Waals surface area (Å²) in [4.78, 5) is 0.376. The van der Waals surface area contributed by atoms with Crippen LogP contribution in [0.15, 0.2) is 23.1 Å². The van der Waals surface area contributed by atoms with Crippen molar-refractivity contribution in [2.24, 2.45) is 5.73 Å². The van der Waals surface area contributed by atoms with Crippen molar-refractivity contribution in [1.82, 2.24) is 0 Å². The number of aryl methyl sites for hydroxylation is 1. The lowest BCUT2D eigenvalue weighted by atomic mass is 10.1. The SMILES string of the molecule is Cc1cccc2c1NC(C)C(CN)S2(=O)=O. The van der Waals surface area contributed by atoms with E-state index in [2.05, 4.69) is 5.32 Å². The molecule has 0 aliphatic carbocycles. The first-order valence-electron chi connectivity index (χ1n) is 5.28. The van der Waals surface area contributed by atoms with Gasteiger partial charge in [0.25, 0.3) is 0 Å². The second kappa shape index (κ2) is 3.75. The average Bonchev–Trinajstić information content (AvgIpc) is 2.20. The molecule has 0 saturated heterocycles. The van der Waals surface area contributed by atoms with Crippen LogP contribution in [0.5, 0.6) is 0 Å². The molecule has 0 saturated carbocycles. The van der Waals surface area contributed by atoms with Crippen molar-refractivity contribution >= 4 is 15.5 Å². The Labute approximate surface area is 95.8 Å². The van der Waals surface area contributed by atoms with Crippen LogP contribution in [0.2, 0.25) is 0 Å². The summed E-state index contributed by atoms with van der Waals surface area (Å²) in [6, 6.07) is 5.15. The predicted molar refractivity (Wildman–Crippen MR) is 64.3 cm³/mol. The number of rotatable bonds is 1. The van der Waals surface area contributed by atoms with Gasteiger partial charge in [0, 0.05) is 12.6 Å². The number of fused-ring (bicyclic) bond motifs is 1. The zero-order valence-corrected chi connectivity index (χ0v) is 10.2. The summed E-state index contributed by atoms with van der Waals surface area (Å²) in [7, 11) is -3.29. The number of nitrogens with one attached hydrogen (secondary N) is 1. The number of hydrogen-bond acceptors (Lipinski definition) is 4. The molecule has 1 aliphatic heterocycles. The van der Waals surface area contributed by atoms with E-state index in [0.29, 0.717) is 4.90 Å². The van der Waals surface area contributed by atoms with Gasteiger partial charge >= 0.3 is 0 Å². The maximum atomic E-state index is 12.3. The highest BCUT2D eigenvalue weighted by Crippen LogP contribution is 2.34. The first-order valence-corrected chi connectivity index (χ1v) is 6.83. The maximum absolute atomic E-state index is 12.3. The summed E-state index contributed by atoms with van der Waals surface area (Å²) in [6.45, 7) is 3.89. The molecule has 0 fully saturated rings. The number of sulfone groups is 1. The lowest BCUT2D eigenvalue weighted by Gasteiger charge is -2.32. The Morgan fingerprint density at radius 3 is 2.75 bits per heavy atom. The van der Waals surface area contributed by atoms with E-state index in [9.17, 15) is 8.42 Å². The van der Waals surface area contributed by atoms with E-state index < -0.39 is 15.1 Å². The number of anilines is 1. The van der Waals surface area contributed by atoms with Gasteiger partial charge in [-0.25, -0.2) is 8.42 Å². The molecule has 2 rings (SSSR count). The largest absolute Gasteiger partial charge is 0.380 e. The Morgan fingerprint density at radius 1 is 1.44 bits per heavy atom. The van der Waals surface area contributed by atoms with E-state index in [0.717, 1.165) is 11.3 Å². The van der Waals surface area contributed by atoms with E-state index >= 15 is 0 Å². The lowest BCUT2D eigenvalue weighted by molar-refractivity contribution is 0.560. The summed E-state index contributed by atoms with van der Waals surface area (Å²) in [6.07, 6.45) is 0. The van der Waals surface area contributed by atoms with Crippen LogP contribution in [0.25, 0.3) is 0 Å². The maximum Gasteiger partial charge on any atom is 0.186 e. The molecule has 1 aliphatic rings. The Morgan fingerprint density at radius 2 is 2.12 bits per heavy atom. The van der Waals surface area contributed by atoms with Crippen molar-refractivity contribution in [3.8, 4) is 0 Å². The van der Waals surface area contributed by atoms with Crippen molar-refractivity contribution in [2.45, 2.75) is 30.0 Å². The van der Waals surface area contributed by atoms with E-state index in [4.69, 9.17) is 5.73 Å². The van der Waals surface area contributed by atoms with Gasteiger partial charge < -0.3 is 11.1 Å². The van der Waals surface area contributed by atoms with Crippen LogP contribution in [0.1, 0.15) is 12.5 Å². The van der Waals surface area contributed by atoms with E-state index in [-0.39, 0.29) is 12.6 Å². The minimum Gasteiger partial charge on any atom is -0.380 e. The van der Waals surface area contributed by atoms with Gasteiger partial charge in [0.1, 0.15) is 0 Å². The molecule has 5 heteroatoms. The van der Waals surface area contributed by atoms with Crippen LogP contribution in [-0.2, 0) is 9.84 Å². The number of benzene rings is 1. The smallest absolute Gasteiger partial charge is 0.186 e. The molecular formula is C11H16N2O2S. The van der Waals surface area contributed by atoms with Crippen LogP contribution in [-0.4, -0.2) is 26.3 Å². The van der Waals surface area contributed by atoms with Crippen LogP contribution in [0.3, 0.4) is 0 Å². The normalized spacial score (nSPS) is 26.9. The first-order chi connectivity index (χ1) is 7.48. The van der Waals surface area contributed by atoms with Gasteiger partial charge in [-0.05, 0) is 25.5 Å². The standard InChI is InChI=1S/C11H16N2O2S/c1-7-4-3-5-9-11(7)13-8(2)10(6-12)16(9,14)15/h3-5,8,10,13H,6,12H2,1-2H3. The highest BCUT2D eigenvalue weighted by Gasteiger charge is 2.37. The van der Waals surface area contributed by atoms with Gasteiger partial charge in [-0.2, -0.15) is 0 Å². The second-order valence-corrected chi connectivity index (χ2v) is 6.34. The van der Waals surface area contributed by atoms with Gasteiger partial charge in [0.05, 0.1) is 15.8 Å². The van der Waals surface area contributed by atoms with E-state index in [1.165, 1.54) is 0 Å². The highest BCUT2D eigenvalue weighted by molar-refractivity contribution is 7.92. The fraction of sp³-hybridized carbons (Fsp3) is 0.455. The molecular weight excluding hydrogens is 224 g/mol. The molecule has 2 atom stereocenters. The minimum atomic E-state index is -3.29. The number of hydrogen-bond donors (Lipinski definition) is 2. The monoisotopic (exact) mass is 240 g/mol. The first kappa shape index (κ1) is 11.4. The Kier molecular flexibility index (Phi) is 2.67. The summed E-state index contributed by atoms with van der Waals surface area (Å²) >= 11 is 0. The zero-order chi connectivity index (χ0) is 11.9. The topological polar surface area (TPSA) is 72.2 Å². The Bertz CT molecular complexity index is 511. The van der Waals surface area contributed by atoms with Crippen molar-refractivity contribution in [2.75, 3.05) is 11.9 Å². The molecule has 0 bridgehead atoms. The predicted octanol–water partition coefficient (Wildman–Crippen LogP) is 0.910. The van der Waals surface area contributed by atoms with Gasteiger partial charge in [-0.15, -0.1) is 0 Å². The van der Waals surface area contributed by atoms with Gasteiger partial charge in [-0.1, -0.05) is 12.1 Å². The van der Waals surface area contributed by atoms with Crippen molar-refractivity contribution in [3.63, 3.8) is 0 Å². The molecule has 0 spiro atoms. The van der Waals surface area contributed by atoms with Crippen LogP contribution in [0, 0.1) is 6.92 Å². The third kappa shape index (κ3) is 1.51. The molecule has 1 heterocycles. The fourth-order valence-electron chi connectivity index (χ4n) is 2.15. The van der Waals surface area contributed by atoms with E-state index in [1.54, 1.807) is 12.1 Å². The molecule has 88 valence electrons. The third-order valence-corrected chi connectivity index (χ3v) is 5.45. The molecule has 2 unspecified atom stereocenters. The quantitative estimate of drug-likeness (QED) is 0.765. The fourth-order valence-corrected chi connectivity index (χ4v) is 4.10. The van der Waals surface area contributed by atoms with Gasteiger partial charge in [0.2, 0.25) is 0 Å². The summed E-state index contributed by atoms with van der Waals surface area (Å²) in [5, 5.41) is 2.69. The van der Waals surface area contributed by atoms with Gasteiger partial charge in [0.15, 0.2) is 9.84 Å². The van der Waals surface area contributed by atoms with Crippen LogP contribution >= 0.6 is 0 Å². The average molecular weight is 240 g/mol. The zero-order valence-electron chi connectivity index (χ0n) is 9.40. The van der Waals surface area contributed by atoms with Crippen molar-refractivity contribution < 1.29 is 8.42 Å². The van der Waals surface area contributed by atoms with Crippen molar-refractivity contribution in [1.29, 1.82) is 0 Å². The summed E-state index contributed by atoms with van der Waals surface area (Å²) in [5.74, 6) is 0. The second-order valence-electron chi connectivity index (χ2n) is 4.20. The van der Waals surface area contributed by atoms with Crippen LogP contribution in [0.4, 0.5) is 5.69 Å². The van der Waals surface area contributed by atoms with Crippen molar-refractivity contribution in [3.05, 3.63) is 23.8 Å². The molecule has 3 N–H and O–H groups in total. The molecule has 0 aromatic heterocycles. The lowest BCUT2D eigenvalue weighted by Crippen LogP contribution is -2.46. The van der Waals surface area contributed by atoms with Crippen LogP contribution < -0.4 is 11.1 Å². The third-order valence-electron chi connectivity index (χ3n) is 3.10. The summed E-state index contributed by atoms with van der Waals surface area (Å²) in [5.41, 5.74) is 7.21. The number of nitrogens with two attached hydrogens (primary N) is 1. The molecule has 0 amide bonds. The molecule has 1 aromatic rings.